The Kier molecular flexibility index (Phi) is 6.61. The van der Waals surface area contributed by atoms with Crippen LogP contribution >= 0.6 is 0 Å². The smallest absolute Gasteiger partial charge is 0.261 e. The van der Waals surface area contributed by atoms with Crippen molar-refractivity contribution in [1.82, 2.24) is 5.32 Å². The average molecular weight is 382 g/mol. The second-order valence-corrected chi connectivity index (χ2v) is 7.83. The number of hydrogen-bond acceptors (Lipinski definition) is 3. The lowest BCUT2D eigenvalue weighted by atomic mass is 9.91. The normalized spacial score (nSPS) is 15.3. The molecule has 0 heterocycles. The summed E-state index contributed by atoms with van der Waals surface area (Å²) in [5, 5.41) is 2.99. The molecule has 1 N–H and O–H groups in total. The van der Waals surface area contributed by atoms with Gasteiger partial charge >= 0.3 is 0 Å². The highest BCUT2D eigenvalue weighted by Gasteiger charge is 2.20. The van der Waals surface area contributed by atoms with Gasteiger partial charge in [0.2, 0.25) is 0 Å². The second kappa shape index (κ2) is 9.13. The summed E-state index contributed by atoms with van der Waals surface area (Å²) >= 11 is 0. The molecule has 28 heavy (non-hydrogen) atoms. The highest BCUT2D eigenvalue weighted by Crippen LogP contribution is 2.30. The fraction of sp³-hybridized carbons (Fsp3) is 0.458. The SMILES string of the molecule is Cc1ccc(OC[C@H](C)NC(=O)[C@H](C)Oc2cccc3c2CCCC3)cc1C. The first-order valence-corrected chi connectivity index (χ1v) is 10.2. The summed E-state index contributed by atoms with van der Waals surface area (Å²) in [5.41, 5.74) is 5.05. The van der Waals surface area contributed by atoms with E-state index in [0.29, 0.717) is 6.61 Å². The van der Waals surface area contributed by atoms with Crippen LogP contribution in [-0.2, 0) is 17.6 Å². The molecule has 0 bridgehead atoms. The van der Waals surface area contributed by atoms with Gasteiger partial charge in [0.15, 0.2) is 6.10 Å². The molecule has 2 atom stereocenters. The van der Waals surface area contributed by atoms with Crippen LogP contribution in [0.25, 0.3) is 0 Å². The maximum absolute atomic E-state index is 12.5. The number of fused-ring (bicyclic) bond motifs is 1. The van der Waals surface area contributed by atoms with Gasteiger partial charge in [-0.15, -0.1) is 0 Å². The van der Waals surface area contributed by atoms with Gasteiger partial charge in [-0.2, -0.15) is 0 Å². The molecule has 0 radical (unpaired) electrons. The Bertz CT molecular complexity index is 831. The molecule has 0 saturated heterocycles. The number of hydrogen-bond donors (Lipinski definition) is 1. The predicted octanol–water partition coefficient (Wildman–Crippen LogP) is 4.53. The van der Waals surface area contributed by atoms with Crippen LogP contribution in [-0.4, -0.2) is 24.7 Å². The predicted molar refractivity (Wildman–Crippen MR) is 112 cm³/mol. The summed E-state index contributed by atoms with van der Waals surface area (Å²) in [7, 11) is 0. The summed E-state index contributed by atoms with van der Waals surface area (Å²) in [5.74, 6) is 1.55. The van der Waals surface area contributed by atoms with Crippen molar-refractivity contribution < 1.29 is 14.3 Å². The Morgan fingerprint density at radius 3 is 2.64 bits per heavy atom. The molecule has 2 aromatic carbocycles. The van der Waals surface area contributed by atoms with Crippen LogP contribution in [0, 0.1) is 13.8 Å². The van der Waals surface area contributed by atoms with E-state index >= 15 is 0 Å². The molecule has 0 aliphatic heterocycles. The van der Waals surface area contributed by atoms with Gasteiger partial charge in [-0.05, 0) is 93.8 Å². The van der Waals surface area contributed by atoms with E-state index in [-0.39, 0.29) is 11.9 Å². The van der Waals surface area contributed by atoms with Crippen LogP contribution in [0.1, 0.15) is 48.9 Å². The number of nitrogens with one attached hydrogen (secondary N) is 1. The standard InChI is InChI=1S/C24H31NO3/c1-16-12-13-21(14-17(16)2)27-15-18(3)25-24(26)19(4)28-23-11-7-9-20-8-5-6-10-22(20)23/h7,9,11-14,18-19H,5-6,8,10,15H2,1-4H3,(H,25,26)/t18-,19-/m0/s1. The third-order valence-electron chi connectivity index (χ3n) is 5.39. The highest BCUT2D eigenvalue weighted by molar-refractivity contribution is 5.81. The van der Waals surface area contributed by atoms with Crippen LogP contribution in [0.4, 0.5) is 0 Å². The lowest BCUT2D eigenvalue weighted by Crippen LogP contribution is -2.43. The Morgan fingerprint density at radius 2 is 1.86 bits per heavy atom. The van der Waals surface area contributed by atoms with Gasteiger partial charge in [-0.3, -0.25) is 4.79 Å². The summed E-state index contributed by atoms with van der Waals surface area (Å²) in [6, 6.07) is 12.1. The molecule has 1 amide bonds. The molecule has 2 aromatic rings. The van der Waals surface area contributed by atoms with E-state index in [1.807, 2.05) is 37.3 Å². The maximum atomic E-state index is 12.5. The molecular weight excluding hydrogens is 350 g/mol. The van der Waals surface area contributed by atoms with Crippen molar-refractivity contribution in [2.24, 2.45) is 0 Å². The molecule has 0 aromatic heterocycles. The summed E-state index contributed by atoms with van der Waals surface area (Å²) < 4.78 is 11.8. The van der Waals surface area contributed by atoms with Crippen LogP contribution < -0.4 is 14.8 Å². The van der Waals surface area contributed by atoms with Crippen molar-refractivity contribution in [3.63, 3.8) is 0 Å². The van der Waals surface area contributed by atoms with Crippen molar-refractivity contribution in [3.8, 4) is 11.5 Å². The zero-order valence-electron chi connectivity index (χ0n) is 17.4. The number of rotatable bonds is 7. The zero-order valence-corrected chi connectivity index (χ0v) is 17.4. The number of amides is 1. The third kappa shape index (κ3) is 5.06. The molecule has 3 rings (SSSR count). The van der Waals surface area contributed by atoms with E-state index in [2.05, 4.69) is 25.2 Å². The third-order valence-corrected chi connectivity index (χ3v) is 5.39. The van der Waals surface area contributed by atoms with E-state index < -0.39 is 6.10 Å². The maximum Gasteiger partial charge on any atom is 0.261 e. The Balaban J connectivity index is 1.51. The lowest BCUT2D eigenvalue weighted by molar-refractivity contribution is -0.128. The van der Waals surface area contributed by atoms with Gasteiger partial charge in [0, 0.05) is 0 Å². The van der Waals surface area contributed by atoms with Crippen LogP contribution in [0.3, 0.4) is 0 Å². The fourth-order valence-corrected chi connectivity index (χ4v) is 3.53. The molecule has 150 valence electrons. The molecule has 0 fully saturated rings. The molecule has 4 nitrogen and oxygen atoms in total. The number of carbonyl (C=O) groups excluding carboxylic acids is 1. The quantitative estimate of drug-likeness (QED) is 0.766. The largest absolute Gasteiger partial charge is 0.491 e. The van der Waals surface area contributed by atoms with Gasteiger partial charge in [0.05, 0.1) is 6.04 Å². The minimum absolute atomic E-state index is 0.107. The van der Waals surface area contributed by atoms with E-state index in [0.717, 1.165) is 24.3 Å². The highest BCUT2D eigenvalue weighted by atomic mass is 16.5. The Labute approximate surface area is 168 Å². The van der Waals surface area contributed by atoms with Crippen molar-refractivity contribution >= 4 is 5.91 Å². The van der Waals surface area contributed by atoms with Gasteiger partial charge < -0.3 is 14.8 Å². The molecule has 0 unspecified atom stereocenters. The van der Waals surface area contributed by atoms with Crippen molar-refractivity contribution in [2.45, 2.75) is 65.5 Å². The summed E-state index contributed by atoms with van der Waals surface area (Å²) in [6.45, 7) is 8.30. The monoisotopic (exact) mass is 381 g/mol. The number of aryl methyl sites for hydroxylation is 3. The van der Waals surface area contributed by atoms with Crippen LogP contribution in [0.15, 0.2) is 36.4 Å². The number of benzene rings is 2. The summed E-state index contributed by atoms with van der Waals surface area (Å²) in [6.07, 6.45) is 3.99. The first-order chi connectivity index (χ1) is 13.4. The minimum atomic E-state index is -0.544. The topological polar surface area (TPSA) is 47.6 Å². The lowest BCUT2D eigenvalue weighted by Gasteiger charge is -2.23. The van der Waals surface area contributed by atoms with Crippen LogP contribution in [0.5, 0.6) is 11.5 Å². The molecule has 4 heteroatoms. The summed E-state index contributed by atoms with van der Waals surface area (Å²) in [4.78, 5) is 12.5. The van der Waals surface area contributed by atoms with Crippen LogP contribution in [0.2, 0.25) is 0 Å². The van der Waals surface area contributed by atoms with Gasteiger partial charge in [0.1, 0.15) is 18.1 Å². The minimum Gasteiger partial charge on any atom is -0.491 e. The van der Waals surface area contributed by atoms with E-state index in [9.17, 15) is 4.79 Å². The first-order valence-electron chi connectivity index (χ1n) is 10.2. The zero-order chi connectivity index (χ0) is 20.1. The second-order valence-electron chi connectivity index (χ2n) is 7.83. The number of carbonyl (C=O) groups is 1. The van der Waals surface area contributed by atoms with Crippen molar-refractivity contribution in [1.29, 1.82) is 0 Å². The Morgan fingerprint density at radius 1 is 1.07 bits per heavy atom. The van der Waals surface area contributed by atoms with E-state index in [1.54, 1.807) is 6.92 Å². The van der Waals surface area contributed by atoms with Gasteiger partial charge in [-0.1, -0.05) is 18.2 Å². The van der Waals surface area contributed by atoms with E-state index in [1.165, 1.54) is 35.1 Å². The number of ether oxygens (including phenoxy) is 2. The van der Waals surface area contributed by atoms with Gasteiger partial charge in [0.25, 0.3) is 5.91 Å². The van der Waals surface area contributed by atoms with Crippen molar-refractivity contribution in [2.75, 3.05) is 6.61 Å². The Hall–Kier alpha value is -2.49. The van der Waals surface area contributed by atoms with Crippen molar-refractivity contribution in [3.05, 3.63) is 58.7 Å². The molecular formula is C24H31NO3. The average Bonchev–Trinajstić information content (AvgIpc) is 2.69. The molecule has 1 aliphatic rings. The van der Waals surface area contributed by atoms with E-state index in [4.69, 9.17) is 9.47 Å². The van der Waals surface area contributed by atoms with Gasteiger partial charge in [-0.25, -0.2) is 0 Å². The fourth-order valence-electron chi connectivity index (χ4n) is 3.53. The molecule has 0 spiro atoms. The molecule has 1 aliphatic carbocycles. The molecule has 0 saturated carbocycles. The first kappa shape index (κ1) is 20.2.